The molecule has 0 aliphatic heterocycles. The minimum Gasteiger partial charge on any atom is -0.389 e. The lowest BCUT2D eigenvalue weighted by molar-refractivity contribution is 0.225. The van der Waals surface area contributed by atoms with Crippen LogP contribution in [-0.2, 0) is 0 Å². The molecule has 0 radical (unpaired) electrons. The highest BCUT2D eigenvalue weighted by Gasteiger charge is 2.05. The van der Waals surface area contributed by atoms with Crippen LogP contribution in [0.4, 0.5) is 0 Å². The van der Waals surface area contributed by atoms with Crippen molar-refractivity contribution in [2.45, 2.75) is 77.2 Å². The first-order valence-corrected chi connectivity index (χ1v) is 6.67. The van der Waals surface area contributed by atoms with E-state index in [1.807, 2.05) is 6.92 Å². The summed E-state index contributed by atoms with van der Waals surface area (Å²) in [5.41, 5.74) is 1.27. The second-order valence-electron chi connectivity index (χ2n) is 4.82. The predicted molar refractivity (Wildman–Crippen MR) is 65.9 cm³/mol. The molecule has 1 rings (SSSR count). The first kappa shape index (κ1) is 12.8. The second-order valence-corrected chi connectivity index (χ2v) is 4.82. The van der Waals surface area contributed by atoms with E-state index >= 15 is 0 Å². The smallest absolute Gasteiger partial charge is 0.0721 e. The monoisotopic (exact) mass is 210 g/mol. The van der Waals surface area contributed by atoms with Crippen molar-refractivity contribution in [2.75, 3.05) is 0 Å². The molecule has 0 spiro atoms. The van der Waals surface area contributed by atoms with Gasteiger partial charge in [-0.15, -0.1) is 0 Å². The molecular formula is C14H26O. The number of aliphatic hydroxyl groups excluding tert-OH is 1. The van der Waals surface area contributed by atoms with Crippen molar-refractivity contribution in [3.63, 3.8) is 0 Å². The van der Waals surface area contributed by atoms with Crippen molar-refractivity contribution in [3.05, 3.63) is 11.6 Å². The third-order valence-corrected chi connectivity index (χ3v) is 3.36. The molecule has 15 heavy (non-hydrogen) atoms. The normalized spacial score (nSPS) is 23.5. The Morgan fingerprint density at radius 1 is 0.933 bits per heavy atom. The van der Waals surface area contributed by atoms with Gasteiger partial charge in [0, 0.05) is 0 Å². The summed E-state index contributed by atoms with van der Waals surface area (Å²) in [5.74, 6) is 0. The van der Waals surface area contributed by atoms with Crippen LogP contribution in [0.2, 0.25) is 0 Å². The molecule has 1 heteroatoms. The van der Waals surface area contributed by atoms with Crippen LogP contribution < -0.4 is 0 Å². The molecule has 88 valence electrons. The Bertz CT molecular complexity index is 182. The van der Waals surface area contributed by atoms with Gasteiger partial charge in [0.1, 0.15) is 0 Å². The Morgan fingerprint density at radius 2 is 1.47 bits per heavy atom. The van der Waals surface area contributed by atoms with E-state index in [1.54, 1.807) is 0 Å². The van der Waals surface area contributed by atoms with Gasteiger partial charge in [-0.3, -0.25) is 0 Å². The molecule has 0 amide bonds. The molecule has 1 nitrogen and oxygen atoms in total. The third-order valence-electron chi connectivity index (χ3n) is 3.36. The fraction of sp³-hybridized carbons (Fsp3) is 0.857. The average Bonchev–Trinajstić information content (AvgIpc) is 2.18. The maximum atomic E-state index is 9.61. The summed E-state index contributed by atoms with van der Waals surface area (Å²) < 4.78 is 0. The van der Waals surface area contributed by atoms with Gasteiger partial charge in [0.05, 0.1) is 6.10 Å². The van der Waals surface area contributed by atoms with E-state index in [-0.39, 0.29) is 6.10 Å². The fourth-order valence-electron chi connectivity index (χ4n) is 2.30. The van der Waals surface area contributed by atoms with E-state index in [0.29, 0.717) is 0 Å². The summed E-state index contributed by atoms with van der Waals surface area (Å²) in [7, 11) is 0. The van der Waals surface area contributed by atoms with Crippen molar-refractivity contribution in [1.29, 1.82) is 0 Å². The number of aliphatic hydroxyl groups is 1. The van der Waals surface area contributed by atoms with Crippen LogP contribution in [0.3, 0.4) is 0 Å². The van der Waals surface area contributed by atoms with Gasteiger partial charge in [-0.1, -0.05) is 44.6 Å². The topological polar surface area (TPSA) is 20.2 Å². The molecule has 1 N–H and O–H groups in total. The van der Waals surface area contributed by atoms with Crippen molar-refractivity contribution >= 4 is 0 Å². The Kier molecular flexibility index (Phi) is 6.74. The lowest BCUT2D eigenvalue weighted by Gasteiger charge is -2.12. The maximum absolute atomic E-state index is 9.61. The van der Waals surface area contributed by atoms with Crippen LogP contribution in [0.15, 0.2) is 11.6 Å². The average molecular weight is 210 g/mol. The Balaban J connectivity index is 2.38. The largest absolute Gasteiger partial charge is 0.389 e. The summed E-state index contributed by atoms with van der Waals surface area (Å²) >= 11 is 0. The number of allylic oxidation sites excluding steroid dienone is 1. The molecule has 0 aromatic carbocycles. The van der Waals surface area contributed by atoms with E-state index in [2.05, 4.69) is 6.08 Å². The Hall–Kier alpha value is -0.300. The van der Waals surface area contributed by atoms with Gasteiger partial charge in [0.2, 0.25) is 0 Å². The molecule has 0 saturated heterocycles. The number of hydrogen-bond acceptors (Lipinski definition) is 1. The molecule has 1 atom stereocenters. The molecule has 1 aliphatic carbocycles. The van der Waals surface area contributed by atoms with Gasteiger partial charge in [0.25, 0.3) is 0 Å². The fourth-order valence-corrected chi connectivity index (χ4v) is 2.30. The molecule has 1 unspecified atom stereocenters. The highest BCUT2D eigenvalue weighted by molar-refractivity contribution is 5.06. The summed E-state index contributed by atoms with van der Waals surface area (Å²) in [6, 6.07) is 0. The van der Waals surface area contributed by atoms with Gasteiger partial charge in [-0.05, 0) is 38.2 Å². The molecule has 0 fully saturated rings. The standard InChI is InChI=1S/C14H26O/c1-13(15)14-11-9-7-5-3-2-4-6-8-10-12-14/h11,13,15H,2-10,12H2,1H3. The van der Waals surface area contributed by atoms with Crippen molar-refractivity contribution in [3.8, 4) is 0 Å². The van der Waals surface area contributed by atoms with Crippen LogP contribution in [0.5, 0.6) is 0 Å². The molecule has 0 saturated carbocycles. The van der Waals surface area contributed by atoms with Crippen molar-refractivity contribution in [2.24, 2.45) is 0 Å². The predicted octanol–water partition coefficient (Wildman–Crippen LogP) is 4.21. The van der Waals surface area contributed by atoms with Crippen molar-refractivity contribution < 1.29 is 5.11 Å². The maximum Gasteiger partial charge on any atom is 0.0721 e. The van der Waals surface area contributed by atoms with E-state index < -0.39 is 0 Å². The first-order chi connectivity index (χ1) is 7.30. The minimum absolute atomic E-state index is 0.229. The summed E-state index contributed by atoms with van der Waals surface area (Å²) in [6.45, 7) is 1.90. The van der Waals surface area contributed by atoms with Crippen LogP contribution in [-0.4, -0.2) is 11.2 Å². The van der Waals surface area contributed by atoms with Crippen LogP contribution in [0.1, 0.15) is 71.1 Å². The van der Waals surface area contributed by atoms with E-state index in [1.165, 1.54) is 63.4 Å². The van der Waals surface area contributed by atoms with E-state index in [0.717, 1.165) is 6.42 Å². The van der Waals surface area contributed by atoms with Crippen LogP contribution in [0.25, 0.3) is 0 Å². The lowest BCUT2D eigenvalue weighted by Crippen LogP contribution is -2.05. The molecule has 0 bridgehead atoms. The van der Waals surface area contributed by atoms with E-state index in [4.69, 9.17) is 0 Å². The van der Waals surface area contributed by atoms with Gasteiger partial charge >= 0.3 is 0 Å². The number of hydrogen-bond donors (Lipinski definition) is 1. The summed E-state index contributed by atoms with van der Waals surface area (Å²) in [4.78, 5) is 0. The summed E-state index contributed by atoms with van der Waals surface area (Å²) in [6.07, 6.45) is 15.2. The van der Waals surface area contributed by atoms with Gasteiger partial charge in [-0.2, -0.15) is 0 Å². The highest BCUT2D eigenvalue weighted by Crippen LogP contribution is 2.18. The highest BCUT2D eigenvalue weighted by atomic mass is 16.3. The zero-order valence-electron chi connectivity index (χ0n) is 10.2. The molecule has 0 aromatic heterocycles. The zero-order chi connectivity index (χ0) is 10.9. The molecule has 1 aliphatic rings. The molecule has 0 aromatic rings. The van der Waals surface area contributed by atoms with Crippen LogP contribution >= 0.6 is 0 Å². The van der Waals surface area contributed by atoms with Crippen LogP contribution in [0, 0.1) is 0 Å². The van der Waals surface area contributed by atoms with Gasteiger partial charge < -0.3 is 5.11 Å². The Morgan fingerprint density at radius 3 is 2.07 bits per heavy atom. The Labute approximate surface area is 94.6 Å². The minimum atomic E-state index is -0.229. The first-order valence-electron chi connectivity index (χ1n) is 6.67. The summed E-state index contributed by atoms with van der Waals surface area (Å²) in [5, 5.41) is 9.61. The molecule has 0 heterocycles. The van der Waals surface area contributed by atoms with Gasteiger partial charge in [-0.25, -0.2) is 0 Å². The second kappa shape index (κ2) is 7.92. The zero-order valence-corrected chi connectivity index (χ0v) is 10.2. The van der Waals surface area contributed by atoms with Gasteiger partial charge in [0.15, 0.2) is 0 Å². The van der Waals surface area contributed by atoms with Crippen molar-refractivity contribution in [1.82, 2.24) is 0 Å². The third kappa shape index (κ3) is 5.99. The quantitative estimate of drug-likeness (QED) is 0.643. The van der Waals surface area contributed by atoms with E-state index in [9.17, 15) is 5.11 Å². The number of rotatable bonds is 1. The lowest BCUT2D eigenvalue weighted by atomic mass is 9.98. The molecular weight excluding hydrogens is 184 g/mol. The SMILES string of the molecule is CC(O)C1=CCCCCCCCCCC1.